The first-order valence-electron chi connectivity index (χ1n) is 5.98. The van der Waals surface area contributed by atoms with Crippen LogP contribution in [0.25, 0.3) is 6.08 Å². The average Bonchev–Trinajstić information content (AvgIpc) is 2.80. The maximum atomic E-state index is 12.3. The Balaban J connectivity index is 2.07. The van der Waals surface area contributed by atoms with Gasteiger partial charge in [-0.05, 0) is 30.3 Å². The zero-order valence-electron chi connectivity index (χ0n) is 10.4. The lowest BCUT2D eigenvalue weighted by molar-refractivity contribution is 0.00875. The number of fused-ring (bicyclic) bond motifs is 1. The molecule has 0 spiro atoms. The normalized spacial score (nSPS) is 20.2. The van der Waals surface area contributed by atoms with Crippen LogP contribution in [0, 0.1) is 0 Å². The molecule has 0 aliphatic carbocycles. The Bertz CT molecular complexity index is 670. The monoisotopic (exact) mass is 255 g/mol. The molecule has 96 valence electrons. The highest BCUT2D eigenvalue weighted by Crippen LogP contribution is 2.30. The van der Waals surface area contributed by atoms with Crippen molar-refractivity contribution in [2.45, 2.75) is 6.29 Å². The number of aromatic nitrogens is 1. The van der Waals surface area contributed by atoms with Gasteiger partial charge >= 0.3 is 0 Å². The molecule has 0 fully saturated rings. The number of Topliss-reactive ketones (excluding diaryl/α,β-unsaturated/α-hetero) is 1. The molecule has 1 aromatic heterocycles. The summed E-state index contributed by atoms with van der Waals surface area (Å²) in [4.78, 5) is 12.3. The van der Waals surface area contributed by atoms with Gasteiger partial charge in [0, 0.05) is 18.9 Å². The fourth-order valence-corrected chi connectivity index (χ4v) is 2.13. The second-order valence-corrected chi connectivity index (χ2v) is 4.44. The number of ether oxygens (including phenoxy) is 1. The Hall–Kier alpha value is -2.33. The van der Waals surface area contributed by atoms with Crippen LogP contribution in [0.4, 0.5) is 0 Å². The molecule has 1 unspecified atom stereocenters. The van der Waals surface area contributed by atoms with E-state index in [1.807, 2.05) is 29.9 Å². The molecule has 19 heavy (non-hydrogen) atoms. The van der Waals surface area contributed by atoms with Gasteiger partial charge in [-0.25, -0.2) is 0 Å². The number of aliphatic hydroxyl groups is 1. The first kappa shape index (κ1) is 11.7. The Morgan fingerprint density at radius 3 is 2.79 bits per heavy atom. The fourth-order valence-electron chi connectivity index (χ4n) is 2.13. The molecule has 0 saturated heterocycles. The molecule has 2 aromatic rings. The van der Waals surface area contributed by atoms with E-state index in [4.69, 9.17) is 4.74 Å². The lowest BCUT2D eigenvalue weighted by Crippen LogP contribution is -2.29. The van der Waals surface area contributed by atoms with E-state index in [0.717, 1.165) is 5.69 Å². The quantitative estimate of drug-likeness (QED) is 0.793. The number of nitrogens with zero attached hydrogens (tertiary/aromatic N) is 1. The van der Waals surface area contributed by atoms with Crippen molar-refractivity contribution in [3.05, 3.63) is 59.4 Å². The van der Waals surface area contributed by atoms with E-state index in [0.29, 0.717) is 11.3 Å². The molecule has 1 atom stereocenters. The van der Waals surface area contributed by atoms with Gasteiger partial charge in [0.25, 0.3) is 0 Å². The summed E-state index contributed by atoms with van der Waals surface area (Å²) >= 11 is 0. The summed E-state index contributed by atoms with van der Waals surface area (Å²) in [5.74, 6) is 0.222. The number of carbonyl (C=O) groups is 1. The number of ketones is 1. The van der Waals surface area contributed by atoms with Crippen LogP contribution in [-0.4, -0.2) is 21.7 Å². The standard InChI is InChI=1S/C15H13NO3/c1-16-8-4-5-10(16)9-12-14(17)11-6-2-3-7-13(11)19-15(12)18/h2-9,15,18H,1H3/b12-9-. The summed E-state index contributed by atoms with van der Waals surface area (Å²) in [6, 6.07) is 10.7. The van der Waals surface area contributed by atoms with Gasteiger partial charge in [-0.3, -0.25) is 4.79 Å². The lowest BCUT2D eigenvalue weighted by Gasteiger charge is -2.23. The van der Waals surface area contributed by atoms with Gasteiger partial charge in [0.15, 0.2) is 5.78 Å². The van der Waals surface area contributed by atoms with Crippen LogP contribution in [0.2, 0.25) is 0 Å². The second kappa shape index (κ2) is 4.40. The zero-order valence-corrected chi connectivity index (χ0v) is 10.4. The van der Waals surface area contributed by atoms with Crippen LogP contribution in [0.1, 0.15) is 16.1 Å². The molecule has 4 heteroatoms. The van der Waals surface area contributed by atoms with Crippen LogP contribution in [0.3, 0.4) is 0 Å². The second-order valence-electron chi connectivity index (χ2n) is 4.44. The Kier molecular flexibility index (Phi) is 2.72. The summed E-state index contributed by atoms with van der Waals surface area (Å²) in [5, 5.41) is 9.96. The van der Waals surface area contributed by atoms with Gasteiger partial charge < -0.3 is 14.4 Å². The van der Waals surface area contributed by atoms with Gasteiger partial charge in [-0.2, -0.15) is 0 Å². The van der Waals surface area contributed by atoms with E-state index < -0.39 is 6.29 Å². The minimum absolute atomic E-state index is 0.199. The van der Waals surface area contributed by atoms with Crippen molar-refractivity contribution in [1.29, 1.82) is 0 Å². The summed E-state index contributed by atoms with van der Waals surface area (Å²) < 4.78 is 7.23. The van der Waals surface area contributed by atoms with Crippen molar-refractivity contribution in [2.75, 3.05) is 0 Å². The number of carbonyl (C=O) groups excluding carboxylic acids is 1. The van der Waals surface area contributed by atoms with Crippen molar-refractivity contribution in [2.24, 2.45) is 7.05 Å². The lowest BCUT2D eigenvalue weighted by atomic mass is 9.98. The van der Waals surface area contributed by atoms with Gasteiger partial charge in [0.2, 0.25) is 6.29 Å². The SMILES string of the molecule is Cn1cccc1/C=C1/C(=O)c2ccccc2OC1O. The summed E-state index contributed by atoms with van der Waals surface area (Å²) in [7, 11) is 1.88. The smallest absolute Gasteiger partial charge is 0.228 e. The van der Waals surface area contributed by atoms with Crippen LogP contribution < -0.4 is 4.74 Å². The molecule has 1 N–H and O–H groups in total. The minimum Gasteiger partial charge on any atom is -0.460 e. The van der Waals surface area contributed by atoms with E-state index in [-0.39, 0.29) is 11.4 Å². The highest BCUT2D eigenvalue weighted by molar-refractivity contribution is 6.14. The number of para-hydroxylation sites is 1. The Morgan fingerprint density at radius 1 is 1.26 bits per heavy atom. The molecule has 3 rings (SSSR count). The maximum absolute atomic E-state index is 12.3. The number of rotatable bonds is 1. The van der Waals surface area contributed by atoms with E-state index in [1.165, 1.54) is 0 Å². The van der Waals surface area contributed by atoms with Crippen LogP contribution >= 0.6 is 0 Å². The molecule has 4 nitrogen and oxygen atoms in total. The third-order valence-corrected chi connectivity index (χ3v) is 3.19. The summed E-state index contributed by atoms with van der Waals surface area (Å²) in [6.07, 6.45) is 2.31. The highest BCUT2D eigenvalue weighted by atomic mass is 16.6. The zero-order chi connectivity index (χ0) is 13.4. The Labute approximate surface area is 110 Å². The molecule has 0 bridgehead atoms. The van der Waals surface area contributed by atoms with Gasteiger partial charge in [-0.15, -0.1) is 0 Å². The fraction of sp³-hybridized carbons (Fsp3) is 0.133. The summed E-state index contributed by atoms with van der Waals surface area (Å²) in [5.41, 5.74) is 1.57. The maximum Gasteiger partial charge on any atom is 0.228 e. The molecule has 0 amide bonds. The van der Waals surface area contributed by atoms with Crippen LogP contribution in [0.15, 0.2) is 48.2 Å². The number of aliphatic hydroxyl groups excluding tert-OH is 1. The molecule has 1 aromatic carbocycles. The summed E-state index contributed by atoms with van der Waals surface area (Å²) in [6.45, 7) is 0. The third-order valence-electron chi connectivity index (χ3n) is 3.19. The molecular formula is C15H13NO3. The van der Waals surface area contributed by atoms with Crippen molar-refractivity contribution >= 4 is 11.9 Å². The largest absolute Gasteiger partial charge is 0.460 e. The average molecular weight is 255 g/mol. The molecule has 0 radical (unpaired) electrons. The number of hydrogen-bond acceptors (Lipinski definition) is 3. The number of hydrogen-bond donors (Lipinski definition) is 1. The molecule has 2 heterocycles. The predicted molar refractivity (Wildman–Crippen MR) is 70.8 cm³/mol. The minimum atomic E-state index is -1.22. The molecule has 1 aliphatic rings. The molecular weight excluding hydrogens is 242 g/mol. The van der Waals surface area contributed by atoms with Crippen molar-refractivity contribution < 1.29 is 14.6 Å². The van der Waals surface area contributed by atoms with E-state index in [2.05, 4.69) is 0 Å². The topological polar surface area (TPSA) is 51.5 Å². The van der Waals surface area contributed by atoms with E-state index >= 15 is 0 Å². The van der Waals surface area contributed by atoms with Gasteiger partial charge in [0.1, 0.15) is 5.75 Å². The van der Waals surface area contributed by atoms with Gasteiger partial charge in [-0.1, -0.05) is 12.1 Å². The Morgan fingerprint density at radius 2 is 2.05 bits per heavy atom. The third kappa shape index (κ3) is 1.96. The van der Waals surface area contributed by atoms with E-state index in [9.17, 15) is 9.90 Å². The number of aryl methyl sites for hydroxylation is 1. The predicted octanol–water partition coefficient (Wildman–Crippen LogP) is 2.00. The molecule has 1 aliphatic heterocycles. The van der Waals surface area contributed by atoms with Crippen molar-refractivity contribution in [3.8, 4) is 5.75 Å². The highest BCUT2D eigenvalue weighted by Gasteiger charge is 2.30. The molecule has 0 saturated carbocycles. The first-order valence-corrected chi connectivity index (χ1v) is 5.98. The number of benzene rings is 1. The van der Waals surface area contributed by atoms with Crippen molar-refractivity contribution in [3.63, 3.8) is 0 Å². The van der Waals surface area contributed by atoms with Crippen molar-refractivity contribution in [1.82, 2.24) is 4.57 Å². The van der Waals surface area contributed by atoms with Gasteiger partial charge in [0.05, 0.1) is 11.1 Å². The first-order chi connectivity index (χ1) is 9.16. The van der Waals surface area contributed by atoms with E-state index in [1.54, 1.807) is 30.3 Å². The van der Waals surface area contributed by atoms with Crippen LogP contribution in [0.5, 0.6) is 5.75 Å². The van der Waals surface area contributed by atoms with Crippen LogP contribution in [-0.2, 0) is 7.05 Å².